The van der Waals surface area contributed by atoms with Crippen molar-refractivity contribution in [2.24, 2.45) is 7.05 Å². The Hall–Kier alpha value is -3.35. The molecule has 0 saturated heterocycles. The number of benzene rings is 1. The van der Waals surface area contributed by atoms with Crippen molar-refractivity contribution in [3.05, 3.63) is 71.8 Å². The van der Waals surface area contributed by atoms with Crippen molar-refractivity contribution in [2.45, 2.75) is 12.5 Å². The van der Waals surface area contributed by atoms with Gasteiger partial charge in [0.2, 0.25) is 0 Å². The number of aromatic nitrogens is 4. The molecule has 0 radical (unpaired) electrons. The molecule has 5 rings (SSSR count). The second kappa shape index (κ2) is 5.59. The van der Waals surface area contributed by atoms with Gasteiger partial charge in [-0.25, -0.2) is 4.98 Å². The van der Waals surface area contributed by atoms with Gasteiger partial charge >= 0.3 is 0 Å². The number of amides is 1. The number of imidazole rings is 1. The fourth-order valence-corrected chi connectivity index (χ4v) is 3.65. The fourth-order valence-electron chi connectivity index (χ4n) is 3.65. The first-order valence-electron chi connectivity index (χ1n) is 8.52. The van der Waals surface area contributed by atoms with Crippen LogP contribution in [-0.4, -0.2) is 37.1 Å². The number of furan rings is 1. The first kappa shape index (κ1) is 14.9. The van der Waals surface area contributed by atoms with E-state index in [0.29, 0.717) is 12.2 Å². The minimum absolute atomic E-state index is 0.0795. The Balaban J connectivity index is 1.64. The highest BCUT2D eigenvalue weighted by molar-refractivity contribution is 5.93. The van der Waals surface area contributed by atoms with Gasteiger partial charge in [-0.2, -0.15) is 5.10 Å². The lowest BCUT2D eigenvalue weighted by molar-refractivity contribution is 0.0661. The molecule has 4 aromatic rings. The third-order valence-electron chi connectivity index (χ3n) is 4.94. The molecule has 0 saturated carbocycles. The van der Waals surface area contributed by atoms with Gasteiger partial charge in [-0.15, -0.1) is 0 Å². The number of para-hydroxylation sites is 1. The highest BCUT2D eigenvalue weighted by atomic mass is 16.3. The molecule has 0 fully saturated rings. The van der Waals surface area contributed by atoms with Crippen molar-refractivity contribution in [3.63, 3.8) is 0 Å². The summed E-state index contributed by atoms with van der Waals surface area (Å²) in [5, 5.41) is 5.14. The maximum atomic E-state index is 13.2. The topological polar surface area (TPSA) is 80.0 Å². The second-order valence-corrected chi connectivity index (χ2v) is 6.44. The number of carbonyl (C=O) groups excluding carboxylic acids is 1. The van der Waals surface area contributed by atoms with Gasteiger partial charge in [-0.05, 0) is 18.2 Å². The normalized spacial score (nSPS) is 16.8. The van der Waals surface area contributed by atoms with Gasteiger partial charge < -0.3 is 14.3 Å². The number of nitrogens with one attached hydrogen (secondary N) is 1. The van der Waals surface area contributed by atoms with Crippen molar-refractivity contribution in [3.8, 4) is 0 Å². The number of aryl methyl sites for hydroxylation is 1. The lowest BCUT2D eigenvalue weighted by atomic mass is 9.99. The molecule has 4 heterocycles. The summed E-state index contributed by atoms with van der Waals surface area (Å²) in [5.74, 6) is 0.638. The van der Waals surface area contributed by atoms with Crippen LogP contribution in [0.25, 0.3) is 11.0 Å². The van der Waals surface area contributed by atoms with Gasteiger partial charge in [-0.1, -0.05) is 18.2 Å². The smallest absolute Gasteiger partial charge is 0.273 e. The van der Waals surface area contributed by atoms with Crippen LogP contribution in [0.5, 0.6) is 0 Å². The summed E-state index contributed by atoms with van der Waals surface area (Å²) in [6.45, 7) is 0.584. The first-order valence-corrected chi connectivity index (χ1v) is 8.52. The quantitative estimate of drug-likeness (QED) is 0.604. The van der Waals surface area contributed by atoms with Gasteiger partial charge in [0.1, 0.15) is 23.1 Å². The highest BCUT2D eigenvalue weighted by Gasteiger charge is 2.37. The maximum Gasteiger partial charge on any atom is 0.273 e. The minimum Gasteiger partial charge on any atom is -0.458 e. The standard InChI is InChI=1S/C19H17N5O2/c1-23-14(6-8-22-23)19(25)24-9-7-13-17(21-11-20-13)18(24)16-10-12-4-2-3-5-15(12)26-16/h2-6,8,10-11,18H,7,9H2,1H3,(H,20,21)/t18-/m1/s1. The average molecular weight is 347 g/mol. The Morgan fingerprint density at radius 3 is 3.00 bits per heavy atom. The average Bonchev–Trinajstić information content (AvgIpc) is 3.38. The van der Waals surface area contributed by atoms with Crippen molar-refractivity contribution in [1.82, 2.24) is 24.6 Å². The van der Waals surface area contributed by atoms with E-state index in [4.69, 9.17) is 4.42 Å². The van der Waals surface area contributed by atoms with Gasteiger partial charge in [0.25, 0.3) is 5.91 Å². The third kappa shape index (κ3) is 2.17. The summed E-state index contributed by atoms with van der Waals surface area (Å²) in [6, 6.07) is 11.2. The molecule has 7 heteroatoms. The van der Waals surface area contributed by atoms with Gasteiger partial charge in [0.15, 0.2) is 0 Å². The van der Waals surface area contributed by atoms with Crippen LogP contribution >= 0.6 is 0 Å². The van der Waals surface area contributed by atoms with E-state index in [-0.39, 0.29) is 11.9 Å². The minimum atomic E-state index is -0.361. The van der Waals surface area contributed by atoms with Crippen LogP contribution in [0.1, 0.15) is 33.7 Å². The molecule has 1 amide bonds. The van der Waals surface area contributed by atoms with E-state index in [2.05, 4.69) is 15.1 Å². The summed E-state index contributed by atoms with van der Waals surface area (Å²) < 4.78 is 7.69. The Kier molecular flexibility index (Phi) is 3.21. The van der Waals surface area contributed by atoms with Crippen LogP contribution in [-0.2, 0) is 13.5 Å². The molecule has 1 N–H and O–H groups in total. The molecule has 0 aliphatic carbocycles. The Bertz CT molecular complexity index is 1070. The molecule has 130 valence electrons. The fraction of sp³-hybridized carbons (Fsp3) is 0.211. The summed E-state index contributed by atoms with van der Waals surface area (Å²) in [5.41, 5.74) is 3.23. The lowest BCUT2D eigenvalue weighted by Gasteiger charge is -2.33. The Labute approximate surface area is 149 Å². The van der Waals surface area contributed by atoms with Gasteiger partial charge in [0, 0.05) is 37.3 Å². The third-order valence-corrected chi connectivity index (χ3v) is 4.94. The van der Waals surface area contributed by atoms with E-state index in [0.717, 1.165) is 34.5 Å². The summed E-state index contributed by atoms with van der Waals surface area (Å²) in [4.78, 5) is 22.7. The van der Waals surface area contributed by atoms with E-state index in [9.17, 15) is 4.79 Å². The molecule has 1 aliphatic heterocycles. The number of fused-ring (bicyclic) bond motifs is 2. The number of hydrogen-bond acceptors (Lipinski definition) is 4. The van der Waals surface area contributed by atoms with Crippen LogP contribution in [0.2, 0.25) is 0 Å². The van der Waals surface area contributed by atoms with Crippen molar-refractivity contribution in [2.75, 3.05) is 6.54 Å². The van der Waals surface area contributed by atoms with Gasteiger partial charge in [-0.3, -0.25) is 9.48 Å². The maximum absolute atomic E-state index is 13.2. The zero-order chi connectivity index (χ0) is 17.7. The summed E-state index contributed by atoms with van der Waals surface area (Å²) in [7, 11) is 1.77. The van der Waals surface area contributed by atoms with E-state index < -0.39 is 0 Å². The summed E-state index contributed by atoms with van der Waals surface area (Å²) >= 11 is 0. The zero-order valence-electron chi connectivity index (χ0n) is 14.2. The molecule has 7 nitrogen and oxygen atoms in total. The van der Waals surface area contributed by atoms with Crippen LogP contribution in [0.3, 0.4) is 0 Å². The zero-order valence-corrected chi connectivity index (χ0v) is 14.2. The molecule has 26 heavy (non-hydrogen) atoms. The Morgan fingerprint density at radius 1 is 1.31 bits per heavy atom. The predicted molar refractivity (Wildman–Crippen MR) is 94.6 cm³/mol. The number of hydrogen-bond donors (Lipinski definition) is 1. The van der Waals surface area contributed by atoms with Crippen LogP contribution in [0, 0.1) is 0 Å². The number of aromatic amines is 1. The predicted octanol–water partition coefficient (Wildman–Crippen LogP) is 2.68. The molecule has 1 aliphatic rings. The molecular weight excluding hydrogens is 330 g/mol. The van der Waals surface area contributed by atoms with Crippen LogP contribution < -0.4 is 0 Å². The van der Waals surface area contributed by atoms with Crippen LogP contribution in [0.4, 0.5) is 0 Å². The number of rotatable bonds is 2. The molecule has 0 bridgehead atoms. The highest BCUT2D eigenvalue weighted by Crippen LogP contribution is 2.36. The van der Waals surface area contributed by atoms with E-state index >= 15 is 0 Å². The molecular formula is C19H17N5O2. The van der Waals surface area contributed by atoms with Crippen molar-refractivity contribution < 1.29 is 9.21 Å². The largest absolute Gasteiger partial charge is 0.458 e. The molecule has 1 aromatic carbocycles. The number of nitrogens with zero attached hydrogens (tertiary/aromatic N) is 4. The molecule has 1 atom stereocenters. The van der Waals surface area contributed by atoms with E-state index in [1.54, 1.807) is 30.3 Å². The monoisotopic (exact) mass is 347 g/mol. The van der Waals surface area contributed by atoms with Crippen molar-refractivity contribution in [1.29, 1.82) is 0 Å². The van der Waals surface area contributed by atoms with Gasteiger partial charge in [0.05, 0.1) is 12.0 Å². The molecule has 3 aromatic heterocycles. The molecule has 0 spiro atoms. The van der Waals surface area contributed by atoms with Crippen LogP contribution in [0.15, 0.2) is 53.3 Å². The number of H-pyrrole nitrogens is 1. The lowest BCUT2D eigenvalue weighted by Crippen LogP contribution is -2.41. The second-order valence-electron chi connectivity index (χ2n) is 6.44. The van der Waals surface area contributed by atoms with E-state index in [1.165, 1.54) is 0 Å². The Morgan fingerprint density at radius 2 is 2.19 bits per heavy atom. The number of carbonyl (C=O) groups is 1. The summed E-state index contributed by atoms with van der Waals surface area (Å²) in [6.07, 6.45) is 4.04. The SMILES string of the molecule is Cn1nccc1C(=O)N1CCc2[nH]cnc2[C@H]1c1cc2ccccc2o1. The first-order chi connectivity index (χ1) is 12.7. The molecule has 0 unspecified atom stereocenters. The van der Waals surface area contributed by atoms with Crippen molar-refractivity contribution >= 4 is 16.9 Å². The van der Waals surface area contributed by atoms with E-state index in [1.807, 2.05) is 35.2 Å².